The second kappa shape index (κ2) is 6.23. The summed E-state index contributed by atoms with van der Waals surface area (Å²) in [6, 6.07) is 0. The average molecular weight is 254 g/mol. The van der Waals surface area contributed by atoms with Crippen LogP contribution in [-0.4, -0.2) is 30.1 Å². The Morgan fingerprint density at radius 2 is 1.94 bits per heavy atom. The number of carbonyl (C=O) groups excluding carboxylic acids is 2. The van der Waals surface area contributed by atoms with E-state index in [1.165, 1.54) is 20.1 Å². The molecule has 3 atom stereocenters. The summed E-state index contributed by atoms with van der Waals surface area (Å²) in [5.74, 6) is 0.0419. The third-order valence-electron chi connectivity index (χ3n) is 2.34. The Bertz CT molecular complexity index is 372. The van der Waals surface area contributed by atoms with E-state index in [0.29, 0.717) is 5.76 Å². The van der Waals surface area contributed by atoms with Gasteiger partial charge in [0.2, 0.25) is 0 Å². The summed E-state index contributed by atoms with van der Waals surface area (Å²) in [5, 5.41) is 0. The van der Waals surface area contributed by atoms with Gasteiger partial charge in [-0.3, -0.25) is 9.59 Å². The Labute approximate surface area is 106 Å². The summed E-state index contributed by atoms with van der Waals surface area (Å²) in [6.45, 7) is 8.13. The normalized spacial score (nSPS) is 26.1. The van der Waals surface area contributed by atoms with E-state index >= 15 is 0 Å². The molecule has 1 aliphatic rings. The Morgan fingerprint density at radius 1 is 1.28 bits per heavy atom. The molecular weight excluding hydrogens is 236 g/mol. The molecule has 1 rings (SSSR count). The first-order valence-electron chi connectivity index (χ1n) is 5.71. The first-order chi connectivity index (χ1) is 8.40. The maximum Gasteiger partial charge on any atom is 0.303 e. The summed E-state index contributed by atoms with van der Waals surface area (Å²) in [6.07, 6.45) is 1.61. The first kappa shape index (κ1) is 14.3. The van der Waals surface area contributed by atoms with Gasteiger partial charge in [-0.15, -0.1) is 0 Å². The van der Waals surface area contributed by atoms with Crippen LogP contribution in [0.15, 0.2) is 24.7 Å². The van der Waals surface area contributed by atoms with Gasteiger partial charge in [0.05, 0.1) is 12.0 Å². The SMILES string of the molecule is C=C(C)O[C@H]1[C@H](OC(C)=O)C=CO[C@@H]1CC(C)=O. The van der Waals surface area contributed by atoms with E-state index in [0.717, 1.165) is 0 Å². The highest BCUT2D eigenvalue weighted by Crippen LogP contribution is 2.23. The van der Waals surface area contributed by atoms with Crippen molar-refractivity contribution >= 4 is 11.8 Å². The fraction of sp³-hybridized carbons (Fsp3) is 0.538. The van der Waals surface area contributed by atoms with E-state index in [-0.39, 0.29) is 12.2 Å². The molecule has 0 spiro atoms. The third kappa shape index (κ3) is 4.24. The molecule has 0 unspecified atom stereocenters. The lowest BCUT2D eigenvalue weighted by Gasteiger charge is -2.34. The van der Waals surface area contributed by atoms with Crippen molar-refractivity contribution in [1.82, 2.24) is 0 Å². The van der Waals surface area contributed by atoms with E-state index in [4.69, 9.17) is 14.2 Å². The number of hydrogen-bond acceptors (Lipinski definition) is 5. The number of ether oxygens (including phenoxy) is 3. The summed E-state index contributed by atoms with van der Waals surface area (Å²) in [7, 11) is 0. The van der Waals surface area contributed by atoms with Crippen LogP contribution in [0.2, 0.25) is 0 Å². The van der Waals surface area contributed by atoms with Crippen LogP contribution in [0.1, 0.15) is 27.2 Å². The lowest BCUT2D eigenvalue weighted by molar-refractivity contribution is -0.157. The molecule has 18 heavy (non-hydrogen) atoms. The van der Waals surface area contributed by atoms with Gasteiger partial charge in [-0.2, -0.15) is 0 Å². The monoisotopic (exact) mass is 254 g/mol. The van der Waals surface area contributed by atoms with Gasteiger partial charge in [-0.25, -0.2) is 0 Å². The molecule has 0 amide bonds. The van der Waals surface area contributed by atoms with Crippen LogP contribution in [-0.2, 0) is 23.8 Å². The molecular formula is C13H18O5. The average Bonchev–Trinajstić information content (AvgIpc) is 2.20. The van der Waals surface area contributed by atoms with Crippen molar-refractivity contribution in [3.8, 4) is 0 Å². The molecule has 0 aromatic rings. The number of Topliss-reactive ketones (excluding diaryl/α,β-unsaturated/α-hetero) is 1. The van der Waals surface area contributed by atoms with Crippen molar-refractivity contribution < 1.29 is 23.8 Å². The second-order valence-electron chi connectivity index (χ2n) is 4.27. The molecule has 0 bridgehead atoms. The Balaban J connectivity index is 2.84. The third-order valence-corrected chi connectivity index (χ3v) is 2.34. The summed E-state index contributed by atoms with van der Waals surface area (Å²) < 4.78 is 16.0. The van der Waals surface area contributed by atoms with Gasteiger partial charge >= 0.3 is 5.97 Å². The Hall–Kier alpha value is -1.78. The molecule has 100 valence electrons. The van der Waals surface area contributed by atoms with Crippen LogP contribution in [0.3, 0.4) is 0 Å². The zero-order valence-corrected chi connectivity index (χ0v) is 10.8. The quantitative estimate of drug-likeness (QED) is 0.552. The largest absolute Gasteiger partial charge is 0.494 e. The molecule has 0 N–H and O–H groups in total. The molecule has 0 saturated carbocycles. The van der Waals surface area contributed by atoms with Crippen LogP contribution in [0.25, 0.3) is 0 Å². The van der Waals surface area contributed by atoms with E-state index in [9.17, 15) is 9.59 Å². The minimum absolute atomic E-state index is 0.0211. The van der Waals surface area contributed by atoms with Crippen molar-refractivity contribution in [1.29, 1.82) is 0 Å². The van der Waals surface area contributed by atoms with Crippen LogP contribution in [0.5, 0.6) is 0 Å². The molecule has 0 radical (unpaired) electrons. The van der Waals surface area contributed by atoms with Gasteiger partial charge in [0.15, 0.2) is 12.2 Å². The maximum absolute atomic E-state index is 11.2. The van der Waals surface area contributed by atoms with E-state index in [1.54, 1.807) is 13.0 Å². The van der Waals surface area contributed by atoms with E-state index < -0.39 is 24.3 Å². The van der Waals surface area contributed by atoms with Crippen molar-refractivity contribution in [3.63, 3.8) is 0 Å². The number of carbonyl (C=O) groups is 2. The minimum Gasteiger partial charge on any atom is -0.494 e. The molecule has 0 saturated heterocycles. The van der Waals surface area contributed by atoms with Gasteiger partial charge in [0.25, 0.3) is 0 Å². The van der Waals surface area contributed by atoms with Gasteiger partial charge in [-0.1, -0.05) is 6.58 Å². The summed E-state index contributed by atoms with van der Waals surface area (Å²) >= 11 is 0. The van der Waals surface area contributed by atoms with Gasteiger partial charge in [-0.05, 0) is 19.9 Å². The van der Waals surface area contributed by atoms with E-state index in [2.05, 4.69) is 6.58 Å². The molecule has 0 fully saturated rings. The van der Waals surface area contributed by atoms with Crippen molar-refractivity contribution in [2.24, 2.45) is 0 Å². The smallest absolute Gasteiger partial charge is 0.303 e. The van der Waals surface area contributed by atoms with E-state index in [1.807, 2.05) is 0 Å². The number of esters is 1. The van der Waals surface area contributed by atoms with Gasteiger partial charge < -0.3 is 14.2 Å². The van der Waals surface area contributed by atoms with Crippen LogP contribution >= 0.6 is 0 Å². The van der Waals surface area contributed by atoms with Gasteiger partial charge in [0, 0.05) is 13.3 Å². The van der Waals surface area contributed by atoms with Crippen LogP contribution in [0, 0.1) is 0 Å². The Kier molecular flexibility index (Phi) is 4.95. The predicted octanol–water partition coefficient (Wildman–Crippen LogP) is 1.73. The molecule has 0 aromatic heterocycles. The second-order valence-corrected chi connectivity index (χ2v) is 4.27. The zero-order chi connectivity index (χ0) is 13.7. The number of rotatable bonds is 5. The van der Waals surface area contributed by atoms with Crippen LogP contribution < -0.4 is 0 Å². The lowest BCUT2D eigenvalue weighted by atomic mass is 10.0. The highest BCUT2D eigenvalue weighted by atomic mass is 16.6. The van der Waals surface area contributed by atoms with Crippen molar-refractivity contribution in [3.05, 3.63) is 24.7 Å². The number of allylic oxidation sites excluding steroid dienone is 1. The minimum atomic E-state index is -0.572. The van der Waals surface area contributed by atoms with Crippen molar-refractivity contribution in [2.45, 2.75) is 45.5 Å². The molecule has 1 aliphatic heterocycles. The van der Waals surface area contributed by atoms with Crippen molar-refractivity contribution in [2.75, 3.05) is 0 Å². The maximum atomic E-state index is 11.2. The molecule has 5 heteroatoms. The fourth-order valence-electron chi connectivity index (χ4n) is 1.74. The Morgan fingerprint density at radius 3 is 2.44 bits per heavy atom. The van der Waals surface area contributed by atoms with Gasteiger partial charge in [0.1, 0.15) is 11.9 Å². The molecule has 0 aliphatic carbocycles. The summed E-state index contributed by atoms with van der Waals surface area (Å²) in [5.41, 5.74) is 0. The predicted molar refractivity (Wildman–Crippen MR) is 64.6 cm³/mol. The standard InChI is InChI=1S/C13H18O5/c1-8(2)17-13-11(18-10(4)15)5-6-16-12(13)7-9(3)14/h5-6,11-13H,1,7H2,2-4H3/t11-,12-,13+/m1/s1. The number of hydrogen-bond donors (Lipinski definition) is 0. The molecule has 0 aromatic carbocycles. The highest BCUT2D eigenvalue weighted by molar-refractivity contribution is 5.76. The molecule has 5 nitrogen and oxygen atoms in total. The fourth-order valence-corrected chi connectivity index (χ4v) is 1.74. The number of ketones is 1. The topological polar surface area (TPSA) is 61.8 Å². The molecule has 1 heterocycles. The zero-order valence-electron chi connectivity index (χ0n) is 10.8. The van der Waals surface area contributed by atoms with Crippen LogP contribution in [0.4, 0.5) is 0 Å². The first-order valence-corrected chi connectivity index (χ1v) is 5.71. The summed E-state index contributed by atoms with van der Waals surface area (Å²) in [4.78, 5) is 22.2. The highest BCUT2D eigenvalue weighted by Gasteiger charge is 2.36. The lowest BCUT2D eigenvalue weighted by Crippen LogP contribution is -2.44.